The third kappa shape index (κ3) is 5.20. The summed E-state index contributed by atoms with van der Waals surface area (Å²) in [5.41, 5.74) is 5.41. The van der Waals surface area contributed by atoms with E-state index >= 15 is 4.39 Å². The van der Waals surface area contributed by atoms with Crippen LogP contribution in [0.4, 0.5) is 16.0 Å². The van der Waals surface area contributed by atoms with E-state index in [1.165, 1.54) is 18.5 Å². The van der Waals surface area contributed by atoms with Crippen LogP contribution in [0.15, 0.2) is 71.9 Å². The molecule has 0 saturated carbocycles. The summed E-state index contributed by atoms with van der Waals surface area (Å²) in [4.78, 5) is 41.1. The van der Waals surface area contributed by atoms with Gasteiger partial charge in [0.2, 0.25) is 0 Å². The van der Waals surface area contributed by atoms with Crippen molar-refractivity contribution in [3.63, 3.8) is 0 Å². The number of hydrogen-bond donors (Lipinski definition) is 2. The van der Waals surface area contributed by atoms with E-state index < -0.39 is 25.6 Å². The molecule has 10 heteroatoms. The van der Waals surface area contributed by atoms with Crippen molar-refractivity contribution < 1.29 is 14.0 Å². The molecule has 4 aromatic rings. The van der Waals surface area contributed by atoms with Crippen LogP contribution >= 0.6 is 19.8 Å². The molecule has 3 aliphatic heterocycles. The molecule has 3 aliphatic rings. The number of carbonyl (C=O) groups excluding carboxylic acids is 2. The summed E-state index contributed by atoms with van der Waals surface area (Å²) >= 11 is -1.15. The van der Waals surface area contributed by atoms with Crippen LogP contribution in [-0.2, 0) is 6.54 Å². The van der Waals surface area contributed by atoms with Crippen LogP contribution in [0.2, 0.25) is 0 Å². The molecule has 1 amide bonds. The van der Waals surface area contributed by atoms with Gasteiger partial charge >= 0.3 is 210 Å². The number of rotatable bonds is 6. The zero-order valence-corrected chi connectivity index (χ0v) is 24.9. The molecular formula is C32H28FIN6O2. The molecule has 212 valence electrons. The molecule has 0 spiro atoms. The van der Waals surface area contributed by atoms with Gasteiger partial charge in [-0.25, -0.2) is 0 Å². The predicted molar refractivity (Wildman–Crippen MR) is 170 cm³/mol. The minimum absolute atomic E-state index is 0.0000817. The Balaban J connectivity index is 1.26. The Kier molecular flexibility index (Phi) is 7.24. The van der Waals surface area contributed by atoms with Crippen molar-refractivity contribution in [2.75, 3.05) is 40.4 Å². The van der Waals surface area contributed by atoms with Crippen molar-refractivity contribution >= 4 is 49.4 Å². The molecule has 2 N–H and O–H groups in total. The monoisotopic (exact) mass is 674 g/mol. The number of piperazine rings is 1. The van der Waals surface area contributed by atoms with Crippen LogP contribution in [-0.4, -0.2) is 67.8 Å². The molecule has 42 heavy (non-hydrogen) atoms. The van der Waals surface area contributed by atoms with Gasteiger partial charge in [-0.3, -0.25) is 4.79 Å². The number of nitrogens with zero attached hydrogens (tertiary/aromatic N) is 4. The van der Waals surface area contributed by atoms with E-state index in [9.17, 15) is 9.59 Å². The molecule has 7 rings (SSSR count). The summed E-state index contributed by atoms with van der Waals surface area (Å²) < 4.78 is 19.1. The van der Waals surface area contributed by atoms with Gasteiger partial charge in [0.25, 0.3) is 0 Å². The Labute approximate surface area is 249 Å². The van der Waals surface area contributed by atoms with Gasteiger partial charge in [0, 0.05) is 26.2 Å². The van der Waals surface area contributed by atoms with Crippen LogP contribution in [0.3, 0.4) is 0 Å². The Morgan fingerprint density at radius 3 is 2.67 bits per heavy atom. The quantitative estimate of drug-likeness (QED) is 0.171. The second-order valence-electron chi connectivity index (χ2n) is 10.3. The Morgan fingerprint density at radius 1 is 1.02 bits per heavy atom. The summed E-state index contributed by atoms with van der Waals surface area (Å²) in [6.07, 6.45) is 2.42. The SMILES string of the molecule is O=Cc1cccc(F)c1C1=NCc2cnc(Nc3cccc(C(=O)N4CCNCC4)c3)nc2-c2ccc(I3CC3)cc21. The summed E-state index contributed by atoms with van der Waals surface area (Å²) in [7, 11) is 0. The number of nitrogens with one attached hydrogen (secondary N) is 2. The molecule has 2 saturated heterocycles. The van der Waals surface area contributed by atoms with E-state index in [1.807, 2.05) is 29.2 Å². The van der Waals surface area contributed by atoms with E-state index in [4.69, 9.17) is 9.98 Å². The van der Waals surface area contributed by atoms with Crippen LogP contribution in [0, 0.1) is 9.39 Å². The average Bonchev–Trinajstić information content (AvgIpc) is 3.89. The van der Waals surface area contributed by atoms with Crippen molar-refractivity contribution in [1.82, 2.24) is 20.2 Å². The van der Waals surface area contributed by atoms with E-state index in [0.717, 1.165) is 29.8 Å². The minimum atomic E-state index is -1.15. The molecule has 3 aromatic carbocycles. The number of anilines is 2. The first-order valence-corrected chi connectivity index (χ1v) is 18.0. The average molecular weight is 675 g/mol. The maximum absolute atomic E-state index is 15.3. The van der Waals surface area contributed by atoms with E-state index in [2.05, 4.69) is 33.8 Å². The fourth-order valence-corrected chi connectivity index (χ4v) is 9.67. The number of alkyl halides is 2. The van der Waals surface area contributed by atoms with E-state index in [1.54, 1.807) is 18.3 Å². The summed E-state index contributed by atoms with van der Waals surface area (Å²) in [6.45, 7) is 3.19. The van der Waals surface area contributed by atoms with E-state index in [0.29, 0.717) is 48.0 Å². The fraction of sp³-hybridized carbons (Fsp3) is 0.219. The number of carbonyl (C=O) groups is 2. The molecule has 1 aromatic heterocycles. The van der Waals surface area contributed by atoms with Crippen LogP contribution < -0.4 is 10.6 Å². The van der Waals surface area contributed by atoms with Gasteiger partial charge in [-0.05, 0) is 0 Å². The first kappa shape index (κ1) is 26.8. The number of benzene rings is 3. The fourth-order valence-electron chi connectivity index (χ4n) is 5.42. The van der Waals surface area contributed by atoms with Crippen LogP contribution in [0.25, 0.3) is 11.3 Å². The molecule has 0 bridgehead atoms. The third-order valence-electron chi connectivity index (χ3n) is 7.63. The topological polar surface area (TPSA) is 99.6 Å². The summed E-state index contributed by atoms with van der Waals surface area (Å²) in [5.74, 6) is -0.0919. The van der Waals surface area contributed by atoms with Gasteiger partial charge in [0.1, 0.15) is 0 Å². The Morgan fingerprint density at radius 2 is 1.86 bits per heavy atom. The van der Waals surface area contributed by atoms with Crippen molar-refractivity contribution in [1.29, 1.82) is 0 Å². The zero-order chi connectivity index (χ0) is 28.6. The van der Waals surface area contributed by atoms with Crippen molar-refractivity contribution in [3.8, 4) is 11.3 Å². The van der Waals surface area contributed by atoms with E-state index in [-0.39, 0.29) is 23.6 Å². The number of halogens is 2. The number of aromatic nitrogens is 2. The molecular weight excluding hydrogens is 646 g/mol. The number of aliphatic imine (C=N–C) groups is 1. The standard InChI is InChI=1S/C32H28FIN6O2/c33-27-6-2-4-21(19-41)28(27)30-26-16-23(34-9-10-34)7-8-25(26)29-22(17-36-30)18-37-32(39-29)38-24-5-1-3-20(15-24)31(42)40-13-11-35-12-14-40/h1-8,15-16,18-19,35H,9-14,17H2,(H,37,38,39). The van der Waals surface area contributed by atoms with Gasteiger partial charge in [-0.2, -0.15) is 0 Å². The first-order valence-electron chi connectivity index (χ1n) is 13.9. The molecule has 8 nitrogen and oxygen atoms in total. The molecule has 0 radical (unpaired) electrons. The second kappa shape index (κ2) is 11.3. The maximum atomic E-state index is 15.3. The van der Waals surface area contributed by atoms with Crippen molar-refractivity contribution in [2.45, 2.75) is 6.54 Å². The van der Waals surface area contributed by atoms with Gasteiger partial charge in [0.05, 0.1) is 0 Å². The van der Waals surface area contributed by atoms with Gasteiger partial charge < -0.3 is 10.2 Å². The predicted octanol–water partition coefficient (Wildman–Crippen LogP) is 4.92. The molecule has 0 atom stereocenters. The summed E-state index contributed by atoms with van der Waals surface area (Å²) in [6, 6.07) is 18.3. The van der Waals surface area contributed by atoms with Crippen LogP contribution in [0.1, 0.15) is 37.4 Å². The van der Waals surface area contributed by atoms with Gasteiger partial charge in [-0.1, -0.05) is 0 Å². The number of fused-ring (bicyclic) bond motifs is 3. The second-order valence-corrected chi connectivity index (χ2v) is 16.3. The number of amides is 1. The van der Waals surface area contributed by atoms with Crippen molar-refractivity contribution in [3.05, 3.63) is 104 Å². The molecule has 2 fully saturated rings. The third-order valence-corrected chi connectivity index (χ3v) is 12.2. The van der Waals surface area contributed by atoms with Crippen LogP contribution in [0.5, 0.6) is 0 Å². The van der Waals surface area contributed by atoms with Gasteiger partial charge in [0.15, 0.2) is 0 Å². The summed E-state index contributed by atoms with van der Waals surface area (Å²) in [5, 5.41) is 6.54. The molecule has 0 aliphatic carbocycles. The Hall–Kier alpha value is -4.03. The number of aldehydes is 1. The molecule has 4 heterocycles. The Bertz CT molecular complexity index is 1750. The number of hydrogen-bond acceptors (Lipinski definition) is 7. The van der Waals surface area contributed by atoms with Gasteiger partial charge in [-0.15, -0.1) is 0 Å². The van der Waals surface area contributed by atoms with Crippen molar-refractivity contribution in [2.24, 2.45) is 4.99 Å². The zero-order valence-electron chi connectivity index (χ0n) is 22.7. The first-order chi connectivity index (χ1) is 20.6. The normalized spacial score (nSPS) is 16.5. The molecule has 0 unspecified atom stereocenters.